The zero-order chi connectivity index (χ0) is 18.4. The summed E-state index contributed by atoms with van der Waals surface area (Å²) in [5.74, 6) is 1.23. The molecular formula is C18H28N4O3. The molecule has 1 atom stereocenters. The van der Waals surface area contributed by atoms with Gasteiger partial charge in [-0.1, -0.05) is 20.3 Å². The molecule has 0 bridgehead atoms. The first-order chi connectivity index (χ1) is 12.0. The van der Waals surface area contributed by atoms with Gasteiger partial charge in [0.15, 0.2) is 5.82 Å². The number of carbonyl (C=O) groups is 2. The lowest BCUT2D eigenvalue weighted by molar-refractivity contribution is -0.129. The average molecular weight is 348 g/mol. The van der Waals surface area contributed by atoms with E-state index in [1.54, 1.807) is 20.1 Å². The lowest BCUT2D eigenvalue weighted by Crippen LogP contribution is -2.48. The molecule has 1 unspecified atom stereocenters. The van der Waals surface area contributed by atoms with Gasteiger partial charge >= 0.3 is 0 Å². The molecule has 1 fully saturated rings. The number of methoxy groups -OCH3 is 1. The summed E-state index contributed by atoms with van der Waals surface area (Å²) in [5.41, 5.74) is 0.685. The zero-order valence-corrected chi connectivity index (χ0v) is 15.5. The predicted octanol–water partition coefficient (Wildman–Crippen LogP) is 2.13. The minimum absolute atomic E-state index is 0.00237. The van der Waals surface area contributed by atoms with Crippen molar-refractivity contribution in [3.63, 3.8) is 0 Å². The second kappa shape index (κ2) is 8.69. The average Bonchev–Trinajstić information content (AvgIpc) is 2.62. The number of amides is 2. The summed E-state index contributed by atoms with van der Waals surface area (Å²) in [6, 6.07) is 3.57. The Hall–Kier alpha value is -2.31. The highest BCUT2D eigenvalue weighted by Gasteiger charge is 2.23. The van der Waals surface area contributed by atoms with Crippen molar-refractivity contribution in [3.8, 4) is 5.88 Å². The molecule has 138 valence electrons. The van der Waals surface area contributed by atoms with Crippen molar-refractivity contribution in [2.75, 3.05) is 43.5 Å². The Labute approximate surface area is 149 Å². The standard InChI is InChI=1S/C18H28N4O3/c1-5-6-13(2)18(24)19-15-7-8-16(25-4)20-17(15)22-11-9-21(10-12-22)14(3)23/h7-8,13H,5-6,9-12H2,1-4H3,(H,19,24). The van der Waals surface area contributed by atoms with E-state index in [9.17, 15) is 9.59 Å². The van der Waals surface area contributed by atoms with E-state index in [0.29, 0.717) is 43.6 Å². The zero-order valence-electron chi connectivity index (χ0n) is 15.5. The molecule has 1 aliphatic heterocycles. The van der Waals surface area contributed by atoms with Crippen LogP contribution in [-0.2, 0) is 9.59 Å². The van der Waals surface area contributed by atoms with Gasteiger partial charge in [-0.3, -0.25) is 9.59 Å². The maximum absolute atomic E-state index is 12.4. The van der Waals surface area contributed by atoms with Crippen molar-refractivity contribution in [2.24, 2.45) is 5.92 Å². The number of aromatic nitrogens is 1. The van der Waals surface area contributed by atoms with Crippen LogP contribution in [0, 0.1) is 5.92 Å². The fraction of sp³-hybridized carbons (Fsp3) is 0.611. The van der Waals surface area contributed by atoms with Gasteiger partial charge in [0.1, 0.15) is 0 Å². The number of ether oxygens (including phenoxy) is 1. The third-order valence-electron chi connectivity index (χ3n) is 4.51. The molecule has 7 nitrogen and oxygen atoms in total. The number of piperazine rings is 1. The van der Waals surface area contributed by atoms with E-state index in [1.165, 1.54) is 0 Å². The van der Waals surface area contributed by atoms with Gasteiger partial charge in [-0.25, -0.2) is 0 Å². The smallest absolute Gasteiger partial charge is 0.227 e. The minimum atomic E-state index is -0.0467. The molecule has 2 amide bonds. The fourth-order valence-corrected chi connectivity index (χ4v) is 2.94. The molecule has 1 aromatic heterocycles. The normalized spacial score (nSPS) is 15.7. The molecule has 0 saturated carbocycles. The van der Waals surface area contributed by atoms with Crippen molar-refractivity contribution in [1.82, 2.24) is 9.88 Å². The summed E-state index contributed by atoms with van der Waals surface area (Å²) in [7, 11) is 1.57. The molecule has 0 spiro atoms. The molecule has 0 aromatic carbocycles. The van der Waals surface area contributed by atoms with Gasteiger partial charge < -0.3 is 19.9 Å². The molecule has 25 heavy (non-hydrogen) atoms. The number of hydrogen-bond acceptors (Lipinski definition) is 5. The van der Waals surface area contributed by atoms with Crippen LogP contribution in [0.25, 0.3) is 0 Å². The van der Waals surface area contributed by atoms with Crippen LogP contribution in [0.3, 0.4) is 0 Å². The van der Waals surface area contributed by atoms with Crippen LogP contribution in [0.2, 0.25) is 0 Å². The molecule has 1 N–H and O–H groups in total. The lowest BCUT2D eigenvalue weighted by Gasteiger charge is -2.35. The SMILES string of the molecule is CCCC(C)C(=O)Nc1ccc(OC)nc1N1CCN(C(C)=O)CC1. The van der Waals surface area contributed by atoms with E-state index in [1.807, 2.05) is 17.9 Å². The number of pyridine rings is 1. The maximum atomic E-state index is 12.4. The summed E-state index contributed by atoms with van der Waals surface area (Å²) in [5, 5.41) is 3.00. The van der Waals surface area contributed by atoms with Gasteiger partial charge in [0.2, 0.25) is 17.7 Å². The molecule has 7 heteroatoms. The Morgan fingerprint density at radius 2 is 1.96 bits per heavy atom. The lowest BCUT2D eigenvalue weighted by atomic mass is 10.1. The van der Waals surface area contributed by atoms with Crippen molar-refractivity contribution in [3.05, 3.63) is 12.1 Å². The summed E-state index contributed by atoms with van der Waals surface area (Å²) in [4.78, 5) is 32.3. The quantitative estimate of drug-likeness (QED) is 0.852. The molecule has 1 saturated heterocycles. The molecule has 0 radical (unpaired) electrons. The summed E-state index contributed by atoms with van der Waals surface area (Å²) >= 11 is 0. The van der Waals surface area contributed by atoms with Crippen LogP contribution >= 0.6 is 0 Å². The Balaban J connectivity index is 2.18. The van der Waals surface area contributed by atoms with Gasteiger partial charge in [0, 0.05) is 45.1 Å². The second-order valence-corrected chi connectivity index (χ2v) is 6.40. The molecule has 1 aliphatic rings. The molecule has 1 aromatic rings. The highest BCUT2D eigenvalue weighted by Crippen LogP contribution is 2.28. The monoisotopic (exact) mass is 348 g/mol. The highest BCUT2D eigenvalue weighted by atomic mass is 16.5. The number of anilines is 2. The molecule has 0 aliphatic carbocycles. The van der Waals surface area contributed by atoms with Gasteiger partial charge in [0.05, 0.1) is 12.8 Å². The topological polar surface area (TPSA) is 74.8 Å². The van der Waals surface area contributed by atoms with E-state index in [4.69, 9.17) is 4.74 Å². The summed E-state index contributed by atoms with van der Waals surface area (Å²) < 4.78 is 5.24. The van der Waals surface area contributed by atoms with E-state index in [0.717, 1.165) is 12.8 Å². The number of hydrogen-bond donors (Lipinski definition) is 1. The van der Waals surface area contributed by atoms with E-state index >= 15 is 0 Å². The van der Waals surface area contributed by atoms with Gasteiger partial charge in [0.25, 0.3) is 0 Å². The van der Waals surface area contributed by atoms with E-state index in [2.05, 4.69) is 22.1 Å². The first-order valence-electron chi connectivity index (χ1n) is 8.82. The first-order valence-corrected chi connectivity index (χ1v) is 8.82. The van der Waals surface area contributed by atoms with Crippen molar-refractivity contribution in [2.45, 2.75) is 33.6 Å². The predicted molar refractivity (Wildman–Crippen MR) is 98.0 cm³/mol. The van der Waals surface area contributed by atoms with Crippen LogP contribution in [-0.4, -0.2) is 55.0 Å². The van der Waals surface area contributed by atoms with Gasteiger partial charge in [-0.15, -0.1) is 0 Å². The number of nitrogens with one attached hydrogen (secondary N) is 1. The fourth-order valence-electron chi connectivity index (χ4n) is 2.94. The Bertz CT molecular complexity index is 612. The largest absolute Gasteiger partial charge is 0.481 e. The van der Waals surface area contributed by atoms with Crippen LogP contribution in [0.1, 0.15) is 33.6 Å². The Kier molecular flexibility index (Phi) is 6.61. The third kappa shape index (κ3) is 4.84. The van der Waals surface area contributed by atoms with Crippen molar-refractivity contribution >= 4 is 23.3 Å². The number of rotatable bonds is 6. The van der Waals surface area contributed by atoms with Crippen molar-refractivity contribution in [1.29, 1.82) is 0 Å². The van der Waals surface area contributed by atoms with Gasteiger partial charge in [-0.2, -0.15) is 4.98 Å². The van der Waals surface area contributed by atoms with Crippen LogP contribution in [0.4, 0.5) is 11.5 Å². The summed E-state index contributed by atoms with van der Waals surface area (Å²) in [6.07, 6.45) is 1.82. The van der Waals surface area contributed by atoms with E-state index in [-0.39, 0.29) is 17.7 Å². The number of nitrogens with zero attached hydrogens (tertiary/aromatic N) is 3. The van der Waals surface area contributed by atoms with Crippen LogP contribution in [0.5, 0.6) is 5.88 Å². The molecular weight excluding hydrogens is 320 g/mol. The van der Waals surface area contributed by atoms with Crippen LogP contribution < -0.4 is 15.0 Å². The highest BCUT2D eigenvalue weighted by molar-refractivity contribution is 5.95. The minimum Gasteiger partial charge on any atom is -0.481 e. The van der Waals surface area contributed by atoms with Gasteiger partial charge in [-0.05, 0) is 12.5 Å². The molecule has 2 heterocycles. The van der Waals surface area contributed by atoms with E-state index < -0.39 is 0 Å². The Morgan fingerprint density at radius 1 is 1.28 bits per heavy atom. The summed E-state index contributed by atoms with van der Waals surface area (Å²) in [6.45, 7) is 8.22. The van der Waals surface area contributed by atoms with Crippen molar-refractivity contribution < 1.29 is 14.3 Å². The Morgan fingerprint density at radius 3 is 2.52 bits per heavy atom. The van der Waals surface area contributed by atoms with Crippen LogP contribution in [0.15, 0.2) is 12.1 Å². The first kappa shape index (κ1) is 19.0. The third-order valence-corrected chi connectivity index (χ3v) is 4.51. The second-order valence-electron chi connectivity index (χ2n) is 6.40. The maximum Gasteiger partial charge on any atom is 0.227 e. The number of carbonyl (C=O) groups excluding carboxylic acids is 2. The molecule has 2 rings (SSSR count).